The molecule has 1 aromatic carbocycles. The molecule has 100 valence electrons. The first-order chi connectivity index (χ1) is 8.69. The smallest absolute Gasteiger partial charge is 0.163 e. The number of methoxy groups -OCH3 is 1. The van der Waals surface area contributed by atoms with Gasteiger partial charge in [0.25, 0.3) is 0 Å². The van der Waals surface area contributed by atoms with Gasteiger partial charge in [0.2, 0.25) is 0 Å². The fourth-order valence-electron chi connectivity index (χ4n) is 1.50. The molecule has 0 heterocycles. The summed E-state index contributed by atoms with van der Waals surface area (Å²) < 4.78 is 16.0. The van der Waals surface area contributed by atoms with Crippen LogP contribution in [0, 0.1) is 0 Å². The van der Waals surface area contributed by atoms with Gasteiger partial charge in [0.05, 0.1) is 19.3 Å². The summed E-state index contributed by atoms with van der Waals surface area (Å²) in [6.45, 7) is 5.23. The lowest BCUT2D eigenvalue weighted by Crippen LogP contribution is -2.09. The summed E-state index contributed by atoms with van der Waals surface area (Å²) in [5, 5.41) is 0. The van der Waals surface area contributed by atoms with Gasteiger partial charge in [0, 0.05) is 12.7 Å². The zero-order valence-electron chi connectivity index (χ0n) is 11.2. The third kappa shape index (κ3) is 4.37. The van der Waals surface area contributed by atoms with Gasteiger partial charge in [-0.25, -0.2) is 0 Å². The lowest BCUT2D eigenvalue weighted by molar-refractivity contribution is 0.0962. The topological polar surface area (TPSA) is 44.8 Å². The Balaban J connectivity index is 2.63. The van der Waals surface area contributed by atoms with E-state index < -0.39 is 0 Å². The molecule has 0 amide bonds. The Bertz CT molecular complexity index is 387. The maximum atomic E-state index is 11.4. The highest BCUT2D eigenvalue weighted by Gasteiger charge is 2.09. The zero-order chi connectivity index (χ0) is 13.4. The third-order valence-corrected chi connectivity index (χ3v) is 2.40. The highest BCUT2D eigenvalue weighted by atomic mass is 16.5. The first-order valence-corrected chi connectivity index (χ1v) is 6.08. The molecule has 0 saturated heterocycles. The van der Waals surface area contributed by atoms with Crippen LogP contribution in [0.3, 0.4) is 0 Å². The van der Waals surface area contributed by atoms with Gasteiger partial charge in [-0.1, -0.05) is 6.92 Å². The quantitative estimate of drug-likeness (QED) is 0.527. The fourth-order valence-corrected chi connectivity index (χ4v) is 1.50. The van der Waals surface area contributed by atoms with Crippen molar-refractivity contribution in [1.82, 2.24) is 0 Å². The van der Waals surface area contributed by atoms with Crippen LogP contribution >= 0.6 is 0 Å². The number of rotatable bonds is 8. The molecule has 0 N–H and O–H groups in total. The van der Waals surface area contributed by atoms with E-state index in [0.717, 1.165) is 13.0 Å². The number of hydrogen-bond donors (Lipinski definition) is 0. The monoisotopic (exact) mass is 252 g/mol. The van der Waals surface area contributed by atoms with E-state index in [4.69, 9.17) is 14.2 Å². The molecule has 0 fully saturated rings. The predicted octanol–water partition coefficient (Wildman–Crippen LogP) is 2.70. The van der Waals surface area contributed by atoms with E-state index in [1.807, 2.05) is 0 Å². The molecule has 0 aliphatic rings. The fraction of sp³-hybridized carbons (Fsp3) is 0.500. The van der Waals surface area contributed by atoms with Crippen molar-refractivity contribution in [3.8, 4) is 11.5 Å². The van der Waals surface area contributed by atoms with E-state index in [2.05, 4.69) is 6.92 Å². The van der Waals surface area contributed by atoms with Crippen LogP contribution in [-0.2, 0) is 4.74 Å². The van der Waals surface area contributed by atoms with Gasteiger partial charge in [-0.05, 0) is 25.5 Å². The van der Waals surface area contributed by atoms with Crippen LogP contribution in [-0.4, -0.2) is 32.7 Å². The third-order valence-electron chi connectivity index (χ3n) is 2.40. The standard InChI is InChI=1S/C14H20O4/c1-4-7-17-8-9-18-14-10-12(16-3)5-6-13(14)11(2)15/h5-6,10H,4,7-9H2,1-3H3. The largest absolute Gasteiger partial charge is 0.497 e. The van der Waals surface area contributed by atoms with E-state index in [1.54, 1.807) is 25.3 Å². The Labute approximate surface area is 108 Å². The highest BCUT2D eigenvalue weighted by Crippen LogP contribution is 2.25. The second-order valence-electron chi connectivity index (χ2n) is 3.88. The summed E-state index contributed by atoms with van der Waals surface area (Å²) in [5.41, 5.74) is 0.561. The lowest BCUT2D eigenvalue weighted by Gasteiger charge is -2.11. The second kappa shape index (κ2) is 7.71. The van der Waals surface area contributed by atoms with Gasteiger partial charge in [-0.2, -0.15) is 0 Å². The molecule has 0 bridgehead atoms. The SMILES string of the molecule is CCCOCCOc1cc(OC)ccc1C(C)=O. The molecule has 0 aliphatic carbocycles. The summed E-state index contributed by atoms with van der Waals surface area (Å²) in [6.07, 6.45) is 0.984. The van der Waals surface area contributed by atoms with Crippen molar-refractivity contribution < 1.29 is 19.0 Å². The van der Waals surface area contributed by atoms with Gasteiger partial charge in [0.1, 0.15) is 18.1 Å². The predicted molar refractivity (Wildman–Crippen MR) is 69.6 cm³/mol. The minimum atomic E-state index is -0.0258. The molecule has 4 nitrogen and oxygen atoms in total. The number of carbonyl (C=O) groups excluding carboxylic acids is 1. The Morgan fingerprint density at radius 1 is 1.22 bits per heavy atom. The molecule has 1 rings (SSSR count). The second-order valence-corrected chi connectivity index (χ2v) is 3.88. The Kier molecular flexibility index (Phi) is 6.22. The van der Waals surface area contributed by atoms with Gasteiger partial charge in [0.15, 0.2) is 5.78 Å². The lowest BCUT2D eigenvalue weighted by atomic mass is 10.1. The molecular weight excluding hydrogens is 232 g/mol. The normalized spacial score (nSPS) is 10.2. The highest BCUT2D eigenvalue weighted by molar-refractivity contribution is 5.97. The van der Waals surface area contributed by atoms with Crippen molar-refractivity contribution >= 4 is 5.78 Å². The molecule has 1 aromatic rings. The Morgan fingerprint density at radius 2 is 2.00 bits per heavy atom. The van der Waals surface area contributed by atoms with Gasteiger partial charge in [-0.3, -0.25) is 4.79 Å². The molecule has 0 radical (unpaired) electrons. The van der Waals surface area contributed by atoms with Crippen LogP contribution in [0.4, 0.5) is 0 Å². The molecule has 0 saturated carbocycles. The van der Waals surface area contributed by atoms with Gasteiger partial charge < -0.3 is 14.2 Å². The number of Topliss-reactive ketones (excluding diaryl/α,β-unsaturated/α-hetero) is 1. The van der Waals surface area contributed by atoms with Crippen molar-refractivity contribution in [3.05, 3.63) is 23.8 Å². The number of ether oxygens (including phenoxy) is 3. The van der Waals surface area contributed by atoms with Gasteiger partial charge in [-0.15, -0.1) is 0 Å². The van der Waals surface area contributed by atoms with E-state index >= 15 is 0 Å². The van der Waals surface area contributed by atoms with Crippen LogP contribution in [0.25, 0.3) is 0 Å². The first kappa shape index (κ1) is 14.5. The van der Waals surface area contributed by atoms with E-state index in [-0.39, 0.29) is 5.78 Å². The molecule has 0 unspecified atom stereocenters. The summed E-state index contributed by atoms with van der Waals surface area (Å²) in [6, 6.07) is 5.18. The minimum Gasteiger partial charge on any atom is -0.497 e. The molecule has 18 heavy (non-hydrogen) atoms. The first-order valence-electron chi connectivity index (χ1n) is 6.08. The van der Waals surface area contributed by atoms with Crippen molar-refractivity contribution in [3.63, 3.8) is 0 Å². The van der Waals surface area contributed by atoms with Crippen molar-refractivity contribution in [2.24, 2.45) is 0 Å². The molecule has 4 heteroatoms. The van der Waals surface area contributed by atoms with Crippen molar-refractivity contribution in [2.45, 2.75) is 20.3 Å². The summed E-state index contributed by atoms with van der Waals surface area (Å²) >= 11 is 0. The van der Waals surface area contributed by atoms with Crippen molar-refractivity contribution in [2.75, 3.05) is 26.9 Å². The summed E-state index contributed by atoms with van der Waals surface area (Å²) in [7, 11) is 1.58. The average Bonchev–Trinajstić information content (AvgIpc) is 2.38. The average molecular weight is 252 g/mol. The van der Waals surface area contributed by atoms with Crippen LogP contribution in [0.1, 0.15) is 30.6 Å². The Hall–Kier alpha value is -1.55. The van der Waals surface area contributed by atoms with Crippen molar-refractivity contribution in [1.29, 1.82) is 0 Å². The number of carbonyl (C=O) groups is 1. The molecule has 0 atom stereocenters. The number of ketones is 1. The summed E-state index contributed by atoms with van der Waals surface area (Å²) in [4.78, 5) is 11.4. The summed E-state index contributed by atoms with van der Waals surface area (Å²) in [5.74, 6) is 1.19. The zero-order valence-corrected chi connectivity index (χ0v) is 11.2. The number of hydrogen-bond acceptors (Lipinski definition) is 4. The molecule has 0 aliphatic heterocycles. The van der Waals surface area contributed by atoms with Crippen LogP contribution < -0.4 is 9.47 Å². The van der Waals surface area contributed by atoms with E-state index in [0.29, 0.717) is 30.3 Å². The molecule has 0 aromatic heterocycles. The molecule has 0 spiro atoms. The Morgan fingerprint density at radius 3 is 2.61 bits per heavy atom. The minimum absolute atomic E-state index is 0.0258. The molecular formula is C14H20O4. The maximum Gasteiger partial charge on any atom is 0.163 e. The maximum absolute atomic E-state index is 11.4. The van der Waals surface area contributed by atoms with Crippen LogP contribution in [0.5, 0.6) is 11.5 Å². The van der Waals surface area contributed by atoms with Gasteiger partial charge >= 0.3 is 0 Å². The van der Waals surface area contributed by atoms with Crippen LogP contribution in [0.2, 0.25) is 0 Å². The van der Waals surface area contributed by atoms with Crippen LogP contribution in [0.15, 0.2) is 18.2 Å². The van der Waals surface area contributed by atoms with E-state index in [9.17, 15) is 4.79 Å². The number of benzene rings is 1. The van der Waals surface area contributed by atoms with E-state index in [1.165, 1.54) is 6.92 Å².